The van der Waals surface area contributed by atoms with Gasteiger partial charge < -0.3 is 35.8 Å². The van der Waals surface area contributed by atoms with Crippen LogP contribution in [0.5, 0.6) is 0 Å². The van der Waals surface area contributed by atoms with Gasteiger partial charge in [-0.15, -0.1) is 0 Å². The van der Waals surface area contributed by atoms with Crippen molar-refractivity contribution in [3.8, 4) is 0 Å². The van der Waals surface area contributed by atoms with Crippen molar-refractivity contribution in [2.75, 3.05) is 25.0 Å². The molecule has 1 amide bonds. The monoisotopic (exact) mass is 497 g/mol. The van der Waals surface area contributed by atoms with Crippen molar-refractivity contribution >= 4 is 23.5 Å². The number of hydrogen-bond acceptors (Lipinski definition) is 7. The molecule has 10 heteroatoms. The summed E-state index contributed by atoms with van der Waals surface area (Å²) in [6, 6.07) is 16.4. The van der Waals surface area contributed by atoms with Crippen LogP contribution in [0.3, 0.4) is 0 Å². The van der Waals surface area contributed by atoms with Gasteiger partial charge in [0, 0.05) is 37.1 Å². The number of carbonyl (C=O) groups excluding carboxylic acids is 3. The second-order valence-corrected chi connectivity index (χ2v) is 8.44. The maximum Gasteiger partial charge on any atom is 1.00 e. The molecule has 0 aliphatic carbocycles. The zero-order valence-electron chi connectivity index (χ0n) is 20.5. The predicted molar refractivity (Wildman–Crippen MR) is 120 cm³/mol. The Morgan fingerprint density at radius 1 is 1.00 bits per heavy atom. The molecule has 35 heavy (non-hydrogen) atoms. The number of anilines is 1. The first-order chi connectivity index (χ1) is 15.9. The molecule has 2 atom stereocenters. The van der Waals surface area contributed by atoms with Crippen LogP contribution in [0.25, 0.3) is 0 Å². The van der Waals surface area contributed by atoms with Crippen LogP contribution < -0.4 is 80.4 Å². The minimum absolute atomic E-state index is 0. The van der Waals surface area contributed by atoms with Crippen LogP contribution in [0, 0.1) is 5.92 Å². The molecule has 1 aliphatic heterocycles. The number of nitrogens with one attached hydrogen (secondary N) is 1. The van der Waals surface area contributed by atoms with E-state index in [1.165, 1.54) is 4.90 Å². The number of benzene rings is 2. The first kappa shape index (κ1) is 31.6. The van der Waals surface area contributed by atoms with Gasteiger partial charge in [-0.05, 0) is 49.4 Å². The molecule has 1 aliphatic rings. The second-order valence-electron chi connectivity index (χ2n) is 8.44. The number of carboxylic acids is 2. The average molecular weight is 498 g/mol. The van der Waals surface area contributed by atoms with Gasteiger partial charge in [-0.25, -0.2) is 0 Å². The van der Waals surface area contributed by atoms with Gasteiger partial charge in [-0.2, -0.15) is 0 Å². The summed E-state index contributed by atoms with van der Waals surface area (Å²) in [5, 5.41) is 27.0. The zero-order valence-corrected chi connectivity index (χ0v) is 24.5. The normalized spacial score (nSPS) is 16.6. The SMILES string of the molecule is NCCCCN(C[C@@H](CCc1ccccc1)C(=O)[O-])C(=O)C1(C(=O)[O-])Cc2ccccc2N1.[Na+].[Na+]. The number of para-hydroxylation sites is 1. The number of nitrogens with two attached hydrogens (primary N) is 1. The van der Waals surface area contributed by atoms with Gasteiger partial charge in [-0.1, -0.05) is 48.5 Å². The minimum atomic E-state index is -1.98. The molecule has 0 fully saturated rings. The number of hydrogen-bond donors (Lipinski definition) is 2. The molecular weight excluding hydrogens is 468 g/mol. The molecular formula is C25H29N3Na2O5. The van der Waals surface area contributed by atoms with Crippen LogP contribution in [0.1, 0.15) is 30.4 Å². The molecule has 2 aromatic carbocycles. The van der Waals surface area contributed by atoms with Crippen molar-refractivity contribution in [2.45, 2.75) is 37.6 Å². The molecule has 0 spiro atoms. The van der Waals surface area contributed by atoms with Gasteiger partial charge in [0.15, 0.2) is 5.54 Å². The molecule has 0 saturated carbocycles. The summed E-state index contributed by atoms with van der Waals surface area (Å²) in [6.07, 6.45) is 1.84. The molecule has 2 aromatic rings. The minimum Gasteiger partial charge on any atom is -0.550 e. The molecule has 0 bridgehead atoms. The van der Waals surface area contributed by atoms with Crippen molar-refractivity contribution < 1.29 is 83.7 Å². The number of amides is 1. The van der Waals surface area contributed by atoms with E-state index < -0.39 is 29.3 Å². The summed E-state index contributed by atoms with van der Waals surface area (Å²) in [5.74, 6) is -4.47. The van der Waals surface area contributed by atoms with Gasteiger partial charge in [0.1, 0.15) is 0 Å². The first-order valence-corrected chi connectivity index (χ1v) is 11.2. The van der Waals surface area contributed by atoms with E-state index in [9.17, 15) is 24.6 Å². The average Bonchev–Trinajstić information content (AvgIpc) is 3.22. The maximum absolute atomic E-state index is 13.6. The molecule has 176 valence electrons. The molecule has 1 unspecified atom stereocenters. The topological polar surface area (TPSA) is 139 Å². The zero-order chi connectivity index (χ0) is 23.8. The van der Waals surface area contributed by atoms with Crippen molar-refractivity contribution in [3.05, 3.63) is 65.7 Å². The third-order valence-electron chi connectivity index (χ3n) is 6.10. The fraction of sp³-hybridized carbons (Fsp3) is 0.400. The van der Waals surface area contributed by atoms with E-state index in [4.69, 9.17) is 5.73 Å². The fourth-order valence-electron chi connectivity index (χ4n) is 4.22. The number of unbranched alkanes of at least 4 members (excludes halogenated alkanes) is 1. The third kappa shape index (κ3) is 8.05. The maximum atomic E-state index is 13.6. The third-order valence-corrected chi connectivity index (χ3v) is 6.10. The number of aryl methyl sites for hydroxylation is 1. The Balaban J connectivity index is 0.00000306. The van der Waals surface area contributed by atoms with Crippen LogP contribution in [0.15, 0.2) is 54.6 Å². The Hall–Kier alpha value is -1.39. The number of carbonyl (C=O) groups is 3. The van der Waals surface area contributed by atoms with E-state index in [2.05, 4.69) is 5.32 Å². The molecule has 3 N–H and O–H groups in total. The van der Waals surface area contributed by atoms with Crippen molar-refractivity contribution in [1.29, 1.82) is 0 Å². The number of nitrogens with zero attached hydrogens (tertiary/aromatic N) is 1. The Kier molecular flexibility index (Phi) is 13.6. The van der Waals surface area contributed by atoms with E-state index >= 15 is 0 Å². The van der Waals surface area contributed by atoms with Crippen LogP contribution in [0.2, 0.25) is 0 Å². The number of rotatable bonds is 12. The van der Waals surface area contributed by atoms with Crippen LogP contribution in [0.4, 0.5) is 5.69 Å². The van der Waals surface area contributed by atoms with E-state index in [1.54, 1.807) is 24.3 Å². The Labute approximate surface area is 250 Å². The molecule has 1 heterocycles. The number of fused-ring (bicyclic) bond motifs is 1. The Morgan fingerprint density at radius 2 is 1.66 bits per heavy atom. The Bertz CT molecular complexity index is 965. The number of aliphatic carboxylic acids is 2. The number of carboxylic acid groups (broad SMARTS) is 2. The summed E-state index contributed by atoms with van der Waals surface area (Å²) in [7, 11) is 0. The summed E-state index contributed by atoms with van der Waals surface area (Å²) in [4.78, 5) is 39.1. The molecule has 0 radical (unpaired) electrons. The molecule has 3 rings (SSSR count). The summed E-state index contributed by atoms with van der Waals surface area (Å²) >= 11 is 0. The largest absolute Gasteiger partial charge is 1.00 e. The quantitative estimate of drug-likeness (QED) is 0.169. The van der Waals surface area contributed by atoms with Crippen molar-refractivity contribution in [3.63, 3.8) is 0 Å². The van der Waals surface area contributed by atoms with E-state index in [0.717, 1.165) is 5.56 Å². The van der Waals surface area contributed by atoms with E-state index in [1.807, 2.05) is 30.3 Å². The molecule has 8 nitrogen and oxygen atoms in total. The summed E-state index contributed by atoms with van der Waals surface area (Å²) < 4.78 is 0. The van der Waals surface area contributed by atoms with Crippen LogP contribution in [-0.4, -0.2) is 47.9 Å². The van der Waals surface area contributed by atoms with Crippen LogP contribution >= 0.6 is 0 Å². The smallest absolute Gasteiger partial charge is 0.550 e. The van der Waals surface area contributed by atoms with Gasteiger partial charge in [0.25, 0.3) is 5.91 Å². The van der Waals surface area contributed by atoms with Gasteiger partial charge in [-0.3, -0.25) is 4.79 Å². The van der Waals surface area contributed by atoms with Crippen LogP contribution in [-0.2, 0) is 27.2 Å². The second kappa shape index (κ2) is 15.0. The Morgan fingerprint density at radius 3 is 2.26 bits per heavy atom. The van der Waals surface area contributed by atoms with Gasteiger partial charge in [0.05, 0.1) is 5.97 Å². The standard InChI is InChI=1S/C25H31N3O5.2Na/c26-14-6-7-15-28(17-20(22(29)30)13-12-18-8-2-1-3-9-18)23(31)25(24(32)33)16-19-10-4-5-11-21(19)27-25;;/h1-5,8-11,20,27H,6-7,12-17,26H2,(H,29,30)(H,32,33);;/q;2*+1/p-2/t20-,25?;;/m1../s1. The first-order valence-electron chi connectivity index (χ1n) is 11.2. The van der Waals surface area contributed by atoms with Gasteiger partial charge in [0.2, 0.25) is 0 Å². The molecule has 0 saturated heterocycles. The predicted octanol–water partition coefficient (Wildman–Crippen LogP) is -6.28. The van der Waals surface area contributed by atoms with Gasteiger partial charge >= 0.3 is 59.1 Å². The van der Waals surface area contributed by atoms with Crippen molar-refractivity contribution in [2.24, 2.45) is 11.7 Å². The summed E-state index contributed by atoms with van der Waals surface area (Å²) in [6.45, 7) is 0.457. The fourth-order valence-corrected chi connectivity index (χ4v) is 4.22. The van der Waals surface area contributed by atoms with E-state index in [0.29, 0.717) is 37.1 Å². The van der Waals surface area contributed by atoms with Crippen molar-refractivity contribution in [1.82, 2.24) is 4.90 Å². The van der Waals surface area contributed by atoms with E-state index in [-0.39, 0.29) is 85.0 Å². The molecule has 0 aromatic heterocycles. The summed E-state index contributed by atoms with van der Waals surface area (Å²) in [5.41, 5.74) is 5.82.